The van der Waals surface area contributed by atoms with Crippen LogP contribution >= 0.6 is 0 Å². The number of hydrogen-bond donors (Lipinski definition) is 0. The summed E-state index contributed by atoms with van der Waals surface area (Å²) in [5.74, 6) is 0.586. The Morgan fingerprint density at radius 1 is 1.45 bits per heavy atom. The summed E-state index contributed by atoms with van der Waals surface area (Å²) in [6.45, 7) is 3.65. The van der Waals surface area contributed by atoms with Crippen molar-refractivity contribution in [3.8, 4) is 0 Å². The smallest absolute Gasteiger partial charge is 0.272 e. The van der Waals surface area contributed by atoms with Crippen molar-refractivity contribution in [1.29, 1.82) is 0 Å². The van der Waals surface area contributed by atoms with Gasteiger partial charge in [0.2, 0.25) is 6.33 Å². The molecule has 0 aliphatic heterocycles. The summed E-state index contributed by atoms with van der Waals surface area (Å²) in [5.41, 5.74) is 0.922. The molecule has 0 spiro atoms. The number of para-hydroxylation sites is 1. The minimum Gasteiger partial charge on any atom is -0.436 e. The maximum atomic E-state index is 11.0. The van der Waals surface area contributed by atoms with Crippen molar-refractivity contribution in [2.24, 2.45) is 0 Å². The number of non-ortho nitro benzene ring substituents is 1. The maximum absolute atomic E-state index is 11.0. The minimum absolute atomic E-state index is 0.00164. The fourth-order valence-electron chi connectivity index (χ4n) is 2.40. The van der Waals surface area contributed by atoms with E-state index in [-0.39, 0.29) is 5.69 Å². The SMILES string of the molecule is CCCCn1cc[n+](Cc2nc3cccc([N+](=O)[O-])c3[n-]2)c1. The van der Waals surface area contributed by atoms with Crippen molar-refractivity contribution in [3.05, 3.63) is 52.9 Å². The second kappa shape index (κ2) is 5.97. The molecule has 0 saturated heterocycles. The molecular formula is C15H17N5O2. The molecule has 0 bridgehead atoms. The average molecular weight is 299 g/mol. The number of nitro benzene ring substituents is 1. The Labute approximate surface area is 127 Å². The third-order valence-electron chi connectivity index (χ3n) is 3.52. The molecule has 3 rings (SSSR count). The Kier molecular flexibility index (Phi) is 3.86. The molecule has 22 heavy (non-hydrogen) atoms. The maximum Gasteiger partial charge on any atom is 0.272 e. The van der Waals surface area contributed by atoms with Gasteiger partial charge in [0.25, 0.3) is 5.69 Å². The van der Waals surface area contributed by atoms with Crippen molar-refractivity contribution in [3.63, 3.8) is 0 Å². The molecular weight excluding hydrogens is 282 g/mol. The fraction of sp³-hybridized carbons (Fsp3) is 0.333. The van der Waals surface area contributed by atoms with Gasteiger partial charge in [0.1, 0.15) is 18.9 Å². The first-order chi connectivity index (χ1) is 10.7. The molecule has 2 heterocycles. The third-order valence-corrected chi connectivity index (χ3v) is 3.52. The number of imidazole rings is 2. The minimum atomic E-state index is -0.421. The molecule has 0 atom stereocenters. The van der Waals surface area contributed by atoms with Gasteiger partial charge in [-0.25, -0.2) is 9.13 Å². The van der Waals surface area contributed by atoms with E-state index < -0.39 is 4.92 Å². The lowest BCUT2D eigenvalue weighted by molar-refractivity contribution is -0.688. The second-order valence-electron chi connectivity index (χ2n) is 5.22. The second-order valence-corrected chi connectivity index (χ2v) is 5.22. The lowest BCUT2D eigenvalue weighted by atomic mass is 10.3. The number of aromatic nitrogens is 4. The van der Waals surface area contributed by atoms with E-state index in [0.717, 1.165) is 19.4 Å². The van der Waals surface area contributed by atoms with Gasteiger partial charge in [-0.05, 0) is 17.8 Å². The molecule has 1 aromatic carbocycles. The Balaban J connectivity index is 1.83. The molecule has 0 unspecified atom stereocenters. The van der Waals surface area contributed by atoms with Crippen LogP contribution in [0.2, 0.25) is 0 Å². The Morgan fingerprint density at radius 2 is 2.32 bits per heavy atom. The molecule has 0 fully saturated rings. The van der Waals surface area contributed by atoms with Crippen LogP contribution in [0.3, 0.4) is 0 Å². The summed E-state index contributed by atoms with van der Waals surface area (Å²) in [6, 6.07) is 4.83. The molecule has 0 radical (unpaired) electrons. The third kappa shape index (κ3) is 2.83. The zero-order chi connectivity index (χ0) is 15.5. The molecule has 3 aromatic rings. The van der Waals surface area contributed by atoms with Crippen LogP contribution in [-0.2, 0) is 13.1 Å². The van der Waals surface area contributed by atoms with Crippen LogP contribution in [0.4, 0.5) is 5.69 Å². The van der Waals surface area contributed by atoms with E-state index in [1.165, 1.54) is 6.07 Å². The molecule has 0 aliphatic carbocycles. The van der Waals surface area contributed by atoms with Crippen LogP contribution in [-0.4, -0.2) is 14.5 Å². The van der Waals surface area contributed by atoms with Gasteiger partial charge in [-0.3, -0.25) is 10.1 Å². The lowest BCUT2D eigenvalue weighted by Gasteiger charge is -1.99. The Bertz CT molecular complexity index is 805. The van der Waals surface area contributed by atoms with Crippen molar-refractivity contribution >= 4 is 16.7 Å². The molecule has 7 nitrogen and oxygen atoms in total. The summed E-state index contributed by atoms with van der Waals surface area (Å²) in [7, 11) is 0. The normalized spacial score (nSPS) is 11.1. The molecule has 0 N–H and O–H groups in total. The van der Waals surface area contributed by atoms with Crippen LogP contribution in [0.1, 0.15) is 25.6 Å². The van der Waals surface area contributed by atoms with Crippen LogP contribution in [0, 0.1) is 10.1 Å². The van der Waals surface area contributed by atoms with Crippen LogP contribution < -0.4 is 9.55 Å². The van der Waals surface area contributed by atoms with Crippen molar-refractivity contribution < 1.29 is 9.49 Å². The predicted molar refractivity (Wildman–Crippen MR) is 80.4 cm³/mol. The predicted octanol–water partition coefficient (Wildman–Crippen LogP) is 2.04. The standard InChI is InChI=1S/C15H17N5O2/c1-2-3-7-18-8-9-19(11-18)10-14-16-12-5-4-6-13(20(21)22)15(12)17-14/h4-6,8-9,11H,2-3,7,10H2,1H3. The quantitative estimate of drug-likeness (QED) is 0.396. The molecule has 2 aromatic heterocycles. The van der Waals surface area contributed by atoms with E-state index >= 15 is 0 Å². The molecule has 0 amide bonds. The fourth-order valence-corrected chi connectivity index (χ4v) is 2.40. The molecule has 7 heteroatoms. The monoisotopic (exact) mass is 299 g/mol. The lowest BCUT2D eigenvalue weighted by Crippen LogP contribution is -2.32. The van der Waals surface area contributed by atoms with Crippen LogP contribution in [0.5, 0.6) is 0 Å². The summed E-state index contributed by atoms with van der Waals surface area (Å²) in [4.78, 5) is 19.3. The summed E-state index contributed by atoms with van der Waals surface area (Å²) >= 11 is 0. The Morgan fingerprint density at radius 3 is 3.09 bits per heavy atom. The van der Waals surface area contributed by atoms with Gasteiger partial charge in [0, 0.05) is 11.6 Å². The van der Waals surface area contributed by atoms with E-state index in [1.807, 2.05) is 23.3 Å². The van der Waals surface area contributed by atoms with Gasteiger partial charge in [0.05, 0.1) is 11.5 Å². The summed E-state index contributed by atoms with van der Waals surface area (Å²) in [5, 5.41) is 11.0. The number of rotatable bonds is 6. The number of nitrogens with zero attached hydrogens (tertiary/aromatic N) is 5. The van der Waals surface area contributed by atoms with Crippen LogP contribution in [0.25, 0.3) is 11.0 Å². The number of fused-ring (bicyclic) bond motifs is 1. The van der Waals surface area contributed by atoms with Gasteiger partial charge in [-0.15, -0.1) is 0 Å². The van der Waals surface area contributed by atoms with E-state index in [4.69, 9.17) is 0 Å². The number of nitro groups is 1. The average Bonchev–Trinajstić information content (AvgIpc) is 3.10. The van der Waals surface area contributed by atoms with E-state index in [9.17, 15) is 10.1 Å². The van der Waals surface area contributed by atoms with Gasteiger partial charge in [0.15, 0.2) is 0 Å². The number of benzene rings is 1. The molecule has 114 valence electrons. The van der Waals surface area contributed by atoms with Gasteiger partial charge in [-0.2, -0.15) is 0 Å². The van der Waals surface area contributed by atoms with Crippen LogP contribution in [0.15, 0.2) is 36.9 Å². The largest absolute Gasteiger partial charge is 0.436 e. The van der Waals surface area contributed by atoms with Crippen molar-refractivity contribution in [2.75, 3.05) is 0 Å². The first-order valence-corrected chi connectivity index (χ1v) is 7.29. The van der Waals surface area contributed by atoms with Crippen molar-refractivity contribution in [2.45, 2.75) is 32.9 Å². The highest BCUT2D eigenvalue weighted by molar-refractivity contribution is 5.84. The van der Waals surface area contributed by atoms with E-state index in [2.05, 4.69) is 21.5 Å². The number of aryl methyl sites for hydroxylation is 1. The van der Waals surface area contributed by atoms with E-state index in [0.29, 0.717) is 23.4 Å². The van der Waals surface area contributed by atoms with Gasteiger partial charge < -0.3 is 9.97 Å². The first kappa shape index (κ1) is 14.2. The number of hydrogen-bond acceptors (Lipinski definition) is 3. The first-order valence-electron chi connectivity index (χ1n) is 7.29. The molecule has 0 aliphatic rings. The highest BCUT2D eigenvalue weighted by atomic mass is 16.6. The zero-order valence-electron chi connectivity index (χ0n) is 12.3. The number of unbranched alkanes of at least 4 members (excludes halogenated alkanes) is 1. The molecule has 0 saturated carbocycles. The topological polar surface area (TPSA) is 78.9 Å². The van der Waals surface area contributed by atoms with Gasteiger partial charge in [-0.1, -0.05) is 25.5 Å². The highest BCUT2D eigenvalue weighted by Gasteiger charge is 2.10. The van der Waals surface area contributed by atoms with Crippen molar-refractivity contribution in [1.82, 2.24) is 14.5 Å². The highest BCUT2D eigenvalue weighted by Crippen LogP contribution is 2.22. The summed E-state index contributed by atoms with van der Waals surface area (Å²) < 4.78 is 4.10. The summed E-state index contributed by atoms with van der Waals surface area (Å²) in [6.07, 6.45) is 8.27. The van der Waals surface area contributed by atoms with Gasteiger partial charge >= 0.3 is 0 Å². The Hall–Kier alpha value is -2.70. The zero-order valence-corrected chi connectivity index (χ0v) is 12.3. The van der Waals surface area contributed by atoms with E-state index in [1.54, 1.807) is 12.1 Å².